The Labute approximate surface area is 193 Å². The number of hydrogen-bond donors (Lipinski definition) is 4. The summed E-state index contributed by atoms with van der Waals surface area (Å²) in [6.07, 6.45) is 2.03. The van der Waals surface area contributed by atoms with Crippen molar-refractivity contribution in [2.24, 2.45) is 0 Å². The Bertz CT molecular complexity index is 1100. The van der Waals surface area contributed by atoms with Gasteiger partial charge in [0.1, 0.15) is 28.9 Å². The van der Waals surface area contributed by atoms with Gasteiger partial charge < -0.3 is 29.9 Å². The molecule has 1 aliphatic rings. The summed E-state index contributed by atoms with van der Waals surface area (Å²) in [5.41, 5.74) is 2.61. The van der Waals surface area contributed by atoms with Gasteiger partial charge >= 0.3 is 0 Å². The van der Waals surface area contributed by atoms with Crippen molar-refractivity contribution in [3.05, 3.63) is 64.8 Å². The molecule has 1 aliphatic heterocycles. The van der Waals surface area contributed by atoms with Crippen molar-refractivity contribution in [2.45, 2.75) is 51.7 Å². The molecule has 2 aromatic rings. The van der Waals surface area contributed by atoms with Crippen molar-refractivity contribution in [1.82, 2.24) is 0 Å². The molecule has 1 heterocycles. The molecule has 4 N–H and O–H groups in total. The molecule has 2 aromatic carbocycles. The molecule has 0 saturated carbocycles. The standard InChI is InChI=1S/C26H30O7/c1-14(2)18(27)9-6-15(3)5-8-17-20(29)12-24-25(26(17)31)21(30)13-22(33-24)16-7-10-19(28)23(11-16)32-4/h5,7,10-12,18,22,27-29,31H,1,6,8-9,13H2,2-4H3/t18-,22+/m1/s1. The van der Waals surface area contributed by atoms with E-state index < -0.39 is 12.2 Å². The lowest BCUT2D eigenvalue weighted by Crippen LogP contribution is -2.21. The van der Waals surface area contributed by atoms with E-state index in [2.05, 4.69) is 6.58 Å². The zero-order valence-electron chi connectivity index (χ0n) is 19.1. The fourth-order valence-electron chi connectivity index (χ4n) is 3.77. The zero-order chi connectivity index (χ0) is 24.3. The van der Waals surface area contributed by atoms with Gasteiger partial charge in [-0.25, -0.2) is 0 Å². The van der Waals surface area contributed by atoms with E-state index in [1.165, 1.54) is 19.2 Å². The number of ketones is 1. The van der Waals surface area contributed by atoms with Gasteiger partial charge in [0.25, 0.3) is 0 Å². The van der Waals surface area contributed by atoms with Crippen LogP contribution in [0.5, 0.6) is 28.7 Å². The number of rotatable bonds is 8. The zero-order valence-corrected chi connectivity index (χ0v) is 19.1. The summed E-state index contributed by atoms with van der Waals surface area (Å²) < 4.78 is 11.0. The van der Waals surface area contributed by atoms with Crippen LogP contribution in [0.25, 0.3) is 0 Å². The van der Waals surface area contributed by atoms with Crippen molar-refractivity contribution in [2.75, 3.05) is 7.11 Å². The summed E-state index contributed by atoms with van der Waals surface area (Å²) in [7, 11) is 1.43. The third-order valence-corrected chi connectivity index (χ3v) is 5.88. The van der Waals surface area contributed by atoms with Crippen molar-refractivity contribution in [3.8, 4) is 28.7 Å². The van der Waals surface area contributed by atoms with Gasteiger partial charge in [-0.05, 0) is 50.8 Å². The average Bonchev–Trinajstić information content (AvgIpc) is 2.76. The van der Waals surface area contributed by atoms with E-state index in [1.807, 2.05) is 13.0 Å². The lowest BCUT2D eigenvalue weighted by atomic mass is 9.92. The molecule has 0 aromatic heterocycles. The molecule has 0 bridgehead atoms. The molecule has 0 amide bonds. The Morgan fingerprint density at radius 1 is 1.24 bits per heavy atom. The van der Waals surface area contributed by atoms with E-state index in [4.69, 9.17) is 9.47 Å². The maximum absolute atomic E-state index is 12.9. The molecule has 3 rings (SSSR count). The van der Waals surface area contributed by atoms with E-state index >= 15 is 0 Å². The predicted octanol–water partition coefficient (Wildman–Crippen LogP) is 4.72. The molecule has 0 unspecified atom stereocenters. The molecular formula is C26H30O7. The molecule has 0 saturated heterocycles. The number of ether oxygens (including phenoxy) is 2. The molecule has 2 atom stereocenters. The number of phenolic OH excluding ortho intramolecular Hbond substituents is 3. The number of aromatic hydroxyl groups is 3. The number of phenols is 3. The van der Waals surface area contributed by atoms with Gasteiger partial charge in [-0.2, -0.15) is 0 Å². The molecule has 7 heteroatoms. The van der Waals surface area contributed by atoms with Crippen LogP contribution in [-0.2, 0) is 6.42 Å². The maximum Gasteiger partial charge on any atom is 0.174 e. The summed E-state index contributed by atoms with van der Waals surface area (Å²) in [5.74, 6) is -0.434. The third-order valence-electron chi connectivity index (χ3n) is 5.88. The number of fused-ring (bicyclic) bond motifs is 1. The van der Waals surface area contributed by atoms with Crippen LogP contribution in [0, 0.1) is 0 Å². The fraction of sp³-hybridized carbons (Fsp3) is 0.346. The SMILES string of the molecule is C=C(C)[C@H](O)CCC(C)=CCc1c(O)cc2c(c1O)C(=O)C[C@@H](c1ccc(O)c(OC)c1)O2. The first-order chi connectivity index (χ1) is 15.6. The normalized spacial score (nSPS) is 16.7. The molecule has 0 radical (unpaired) electrons. The first kappa shape index (κ1) is 24.2. The van der Waals surface area contributed by atoms with E-state index in [9.17, 15) is 25.2 Å². The molecular weight excluding hydrogens is 424 g/mol. The lowest BCUT2D eigenvalue weighted by Gasteiger charge is -2.27. The highest BCUT2D eigenvalue weighted by molar-refractivity contribution is 6.03. The Hall–Kier alpha value is -3.45. The van der Waals surface area contributed by atoms with Crippen molar-refractivity contribution in [3.63, 3.8) is 0 Å². The average molecular weight is 455 g/mol. The van der Waals surface area contributed by atoms with Gasteiger partial charge in [-0.15, -0.1) is 0 Å². The van der Waals surface area contributed by atoms with Gasteiger partial charge in [0.05, 0.1) is 19.6 Å². The highest BCUT2D eigenvalue weighted by atomic mass is 16.5. The van der Waals surface area contributed by atoms with Crippen molar-refractivity contribution in [1.29, 1.82) is 0 Å². The van der Waals surface area contributed by atoms with E-state index in [0.29, 0.717) is 24.0 Å². The quantitative estimate of drug-likeness (QED) is 0.426. The number of allylic oxidation sites excluding steroid dienone is 2. The number of carbonyl (C=O) groups excluding carboxylic acids is 1. The maximum atomic E-state index is 12.9. The van der Waals surface area contributed by atoms with Crippen molar-refractivity contribution < 1.29 is 34.7 Å². The van der Waals surface area contributed by atoms with Gasteiger partial charge in [0, 0.05) is 11.6 Å². The number of carbonyl (C=O) groups is 1. The van der Waals surface area contributed by atoms with Gasteiger partial charge in [0.2, 0.25) is 0 Å². The van der Waals surface area contributed by atoms with Crippen LogP contribution in [0.4, 0.5) is 0 Å². The molecule has 176 valence electrons. The minimum Gasteiger partial charge on any atom is -0.507 e. The Morgan fingerprint density at radius 2 is 1.97 bits per heavy atom. The highest BCUT2D eigenvalue weighted by Gasteiger charge is 2.33. The number of benzene rings is 2. The van der Waals surface area contributed by atoms with Gasteiger partial charge in [-0.1, -0.05) is 29.9 Å². The second-order valence-electron chi connectivity index (χ2n) is 8.42. The Kier molecular flexibility index (Phi) is 7.33. The first-order valence-corrected chi connectivity index (χ1v) is 10.8. The van der Waals surface area contributed by atoms with Crippen LogP contribution in [0.3, 0.4) is 0 Å². The molecule has 0 fully saturated rings. The molecule has 0 aliphatic carbocycles. The smallest absolute Gasteiger partial charge is 0.174 e. The Balaban J connectivity index is 1.82. The summed E-state index contributed by atoms with van der Waals surface area (Å²) in [4.78, 5) is 12.9. The monoisotopic (exact) mass is 454 g/mol. The topological polar surface area (TPSA) is 116 Å². The summed E-state index contributed by atoms with van der Waals surface area (Å²) >= 11 is 0. The fourth-order valence-corrected chi connectivity index (χ4v) is 3.77. The molecule has 7 nitrogen and oxygen atoms in total. The molecule has 33 heavy (non-hydrogen) atoms. The summed E-state index contributed by atoms with van der Waals surface area (Å²) in [6, 6.07) is 6.03. The van der Waals surface area contributed by atoms with Crippen LogP contribution in [0.1, 0.15) is 60.7 Å². The van der Waals surface area contributed by atoms with E-state index in [0.717, 1.165) is 5.57 Å². The van der Waals surface area contributed by atoms with Crippen LogP contribution in [-0.4, -0.2) is 39.4 Å². The summed E-state index contributed by atoms with van der Waals surface area (Å²) in [5, 5.41) is 41.0. The van der Waals surface area contributed by atoms with E-state index in [1.54, 1.807) is 19.1 Å². The predicted molar refractivity (Wildman–Crippen MR) is 124 cm³/mol. The largest absolute Gasteiger partial charge is 0.507 e. The van der Waals surface area contributed by atoms with Crippen LogP contribution in [0.15, 0.2) is 48.1 Å². The number of hydrogen-bond acceptors (Lipinski definition) is 7. The molecule has 0 spiro atoms. The second kappa shape index (κ2) is 10.0. The van der Waals surface area contributed by atoms with Crippen molar-refractivity contribution >= 4 is 5.78 Å². The second-order valence-corrected chi connectivity index (χ2v) is 8.42. The van der Waals surface area contributed by atoms with Gasteiger partial charge in [-0.3, -0.25) is 4.79 Å². The number of Topliss-reactive ketones (excluding diaryl/α,β-unsaturated/α-hetero) is 1. The minimum absolute atomic E-state index is 0.00757. The summed E-state index contributed by atoms with van der Waals surface area (Å²) in [6.45, 7) is 7.42. The number of aliphatic hydroxyl groups excluding tert-OH is 1. The number of methoxy groups -OCH3 is 1. The lowest BCUT2D eigenvalue weighted by molar-refractivity contribution is 0.0844. The van der Waals surface area contributed by atoms with Crippen LogP contribution < -0.4 is 9.47 Å². The number of aliphatic hydroxyl groups is 1. The van der Waals surface area contributed by atoms with Gasteiger partial charge in [0.15, 0.2) is 17.3 Å². The highest BCUT2D eigenvalue weighted by Crippen LogP contribution is 2.45. The Morgan fingerprint density at radius 3 is 2.64 bits per heavy atom. The van der Waals surface area contributed by atoms with Crippen LogP contribution in [0.2, 0.25) is 0 Å². The van der Waals surface area contributed by atoms with E-state index in [-0.39, 0.29) is 58.5 Å². The minimum atomic E-state index is -0.647. The first-order valence-electron chi connectivity index (χ1n) is 10.8. The van der Waals surface area contributed by atoms with Crippen LogP contribution >= 0.6 is 0 Å². The third kappa shape index (κ3) is 5.31.